The molecule has 12 heavy (non-hydrogen) atoms. The molecule has 0 fully saturated rings. The molecule has 60 valence electrons. The summed E-state index contributed by atoms with van der Waals surface area (Å²) in [6.45, 7) is 2.15. The van der Waals surface area contributed by atoms with Gasteiger partial charge in [-0.3, -0.25) is 0 Å². The molecule has 0 spiro atoms. The summed E-state index contributed by atoms with van der Waals surface area (Å²) in [6.07, 6.45) is 17.3. The summed E-state index contributed by atoms with van der Waals surface area (Å²) < 4.78 is 0. The highest BCUT2D eigenvalue weighted by Crippen LogP contribution is 2.26. The largest absolute Gasteiger partial charge is 0.0732 e. The van der Waals surface area contributed by atoms with Crippen molar-refractivity contribution in [2.75, 3.05) is 0 Å². The number of rotatable bonds is 0. The Morgan fingerprint density at radius 3 is 2.83 bits per heavy atom. The molecule has 0 aliphatic heterocycles. The van der Waals surface area contributed by atoms with Crippen molar-refractivity contribution in [1.82, 2.24) is 0 Å². The fourth-order valence-electron chi connectivity index (χ4n) is 1.59. The minimum atomic E-state index is 0.506. The van der Waals surface area contributed by atoms with Crippen LogP contribution in [-0.2, 0) is 0 Å². The minimum Gasteiger partial charge on any atom is -0.0732 e. The van der Waals surface area contributed by atoms with Crippen LogP contribution in [0.5, 0.6) is 0 Å². The normalized spacial score (nSPS) is 33.9. The van der Waals surface area contributed by atoms with Crippen molar-refractivity contribution >= 4 is 0 Å². The summed E-state index contributed by atoms with van der Waals surface area (Å²) >= 11 is 0. The second-order valence-electron chi connectivity index (χ2n) is 3.21. The molecule has 0 aromatic heterocycles. The third-order valence-electron chi connectivity index (χ3n) is 2.16. The summed E-state index contributed by atoms with van der Waals surface area (Å²) in [5.41, 5.74) is 2.76. The molecule has 0 radical (unpaired) electrons. The molecule has 2 aliphatic rings. The maximum Gasteiger partial charge on any atom is 0.0207 e. The third kappa shape index (κ3) is 1.33. The lowest BCUT2D eigenvalue weighted by molar-refractivity contribution is 1.03. The Morgan fingerprint density at radius 1 is 1.08 bits per heavy atom. The highest BCUT2D eigenvalue weighted by molar-refractivity contribution is 5.45. The zero-order chi connectivity index (χ0) is 8.39. The molecule has 1 unspecified atom stereocenters. The van der Waals surface area contributed by atoms with Gasteiger partial charge < -0.3 is 0 Å². The molecule has 2 rings (SSSR count). The maximum absolute atomic E-state index is 2.29. The fraction of sp³-hybridized carbons (Fsp3) is 0.167. The molecule has 0 nitrogen and oxygen atoms in total. The Morgan fingerprint density at radius 2 is 1.92 bits per heavy atom. The monoisotopic (exact) mass is 156 g/mol. The molecular weight excluding hydrogens is 144 g/mol. The van der Waals surface area contributed by atoms with Crippen molar-refractivity contribution in [1.29, 1.82) is 0 Å². The van der Waals surface area contributed by atoms with Gasteiger partial charge in [-0.25, -0.2) is 0 Å². The highest BCUT2D eigenvalue weighted by atomic mass is 14.2. The van der Waals surface area contributed by atoms with Gasteiger partial charge in [-0.05, 0) is 12.5 Å². The van der Waals surface area contributed by atoms with Crippen LogP contribution >= 0.6 is 0 Å². The molecule has 2 aliphatic carbocycles. The Labute approximate surface area is 73.3 Å². The molecule has 0 saturated heterocycles. The molecule has 0 heteroatoms. The van der Waals surface area contributed by atoms with Gasteiger partial charge in [0.1, 0.15) is 0 Å². The van der Waals surface area contributed by atoms with E-state index in [-0.39, 0.29) is 0 Å². The summed E-state index contributed by atoms with van der Waals surface area (Å²) in [6, 6.07) is 0. The first-order chi connectivity index (χ1) is 5.86. The first kappa shape index (κ1) is 7.35. The molecular formula is C12H12. The molecule has 0 N–H and O–H groups in total. The molecule has 0 amide bonds. The van der Waals surface area contributed by atoms with Gasteiger partial charge in [-0.1, -0.05) is 54.2 Å². The molecule has 0 bridgehead atoms. The van der Waals surface area contributed by atoms with E-state index in [9.17, 15) is 0 Å². The van der Waals surface area contributed by atoms with Gasteiger partial charge in [0.05, 0.1) is 0 Å². The SMILES string of the molecule is CC1=CC2\C=C/C=C\C=C/C2=C1. The van der Waals surface area contributed by atoms with E-state index in [1.165, 1.54) is 11.1 Å². The van der Waals surface area contributed by atoms with Gasteiger partial charge in [0, 0.05) is 5.92 Å². The molecule has 0 saturated carbocycles. The summed E-state index contributed by atoms with van der Waals surface area (Å²) in [5, 5.41) is 0. The van der Waals surface area contributed by atoms with Gasteiger partial charge >= 0.3 is 0 Å². The standard InChI is InChI=1S/C12H12/c1-10-8-11-6-4-2-3-5-7-12(11)9-10/h2-9,11H,1H3/b3-2-,6-4-,7-5-. The number of fused-ring (bicyclic) bond motifs is 1. The molecule has 1 atom stereocenters. The lowest BCUT2D eigenvalue weighted by atomic mass is 10.0. The average molecular weight is 156 g/mol. The van der Waals surface area contributed by atoms with Crippen LogP contribution in [0.2, 0.25) is 0 Å². The van der Waals surface area contributed by atoms with Crippen LogP contribution in [0, 0.1) is 5.92 Å². The predicted octanol–water partition coefficient (Wildman–Crippen LogP) is 3.17. The smallest absolute Gasteiger partial charge is 0.0207 e. The lowest BCUT2D eigenvalue weighted by Crippen LogP contribution is -1.90. The van der Waals surface area contributed by atoms with Gasteiger partial charge in [-0.2, -0.15) is 0 Å². The second-order valence-corrected chi connectivity index (χ2v) is 3.21. The van der Waals surface area contributed by atoms with Crippen molar-refractivity contribution in [3.8, 4) is 0 Å². The fourth-order valence-corrected chi connectivity index (χ4v) is 1.59. The van der Waals surface area contributed by atoms with Crippen LogP contribution < -0.4 is 0 Å². The first-order valence-electron chi connectivity index (χ1n) is 4.28. The van der Waals surface area contributed by atoms with E-state index in [2.05, 4.69) is 55.5 Å². The molecule has 0 heterocycles. The van der Waals surface area contributed by atoms with E-state index in [4.69, 9.17) is 0 Å². The highest BCUT2D eigenvalue weighted by Gasteiger charge is 2.11. The maximum atomic E-state index is 2.29. The Bertz CT molecular complexity index is 322. The Kier molecular flexibility index (Phi) is 1.83. The van der Waals surface area contributed by atoms with Gasteiger partial charge in [0.25, 0.3) is 0 Å². The van der Waals surface area contributed by atoms with E-state index >= 15 is 0 Å². The van der Waals surface area contributed by atoms with Gasteiger partial charge in [0.2, 0.25) is 0 Å². The van der Waals surface area contributed by atoms with E-state index in [0.717, 1.165) is 0 Å². The van der Waals surface area contributed by atoms with E-state index in [1.807, 2.05) is 0 Å². The van der Waals surface area contributed by atoms with Crippen LogP contribution in [0.3, 0.4) is 0 Å². The first-order valence-corrected chi connectivity index (χ1v) is 4.28. The summed E-state index contributed by atoms with van der Waals surface area (Å²) in [4.78, 5) is 0. The Balaban J connectivity index is 2.37. The summed E-state index contributed by atoms with van der Waals surface area (Å²) in [7, 11) is 0. The van der Waals surface area contributed by atoms with Crippen molar-refractivity contribution in [3.63, 3.8) is 0 Å². The minimum absolute atomic E-state index is 0.506. The Hall–Kier alpha value is -1.30. The number of allylic oxidation sites excluding steroid dienone is 10. The van der Waals surface area contributed by atoms with E-state index in [0.29, 0.717) is 5.92 Å². The van der Waals surface area contributed by atoms with Crippen LogP contribution in [0.4, 0.5) is 0 Å². The van der Waals surface area contributed by atoms with Crippen LogP contribution in [0.15, 0.2) is 59.8 Å². The quantitative estimate of drug-likeness (QED) is 0.505. The lowest BCUT2D eigenvalue weighted by Gasteiger charge is -2.04. The van der Waals surface area contributed by atoms with Crippen molar-refractivity contribution in [2.45, 2.75) is 6.92 Å². The van der Waals surface area contributed by atoms with Crippen LogP contribution in [0.25, 0.3) is 0 Å². The van der Waals surface area contributed by atoms with Crippen molar-refractivity contribution in [2.24, 2.45) is 5.92 Å². The van der Waals surface area contributed by atoms with E-state index in [1.54, 1.807) is 0 Å². The molecule has 0 aromatic rings. The third-order valence-corrected chi connectivity index (χ3v) is 2.16. The van der Waals surface area contributed by atoms with Crippen molar-refractivity contribution in [3.05, 3.63) is 59.8 Å². The van der Waals surface area contributed by atoms with Gasteiger partial charge in [-0.15, -0.1) is 0 Å². The zero-order valence-corrected chi connectivity index (χ0v) is 7.20. The average Bonchev–Trinajstić information content (AvgIpc) is 2.32. The zero-order valence-electron chi connectivity index (χ0n) is 7.20. The summed E-state index contributed by atoms with van der Waals surface area (Å²) in [5.74, 6) is 0.506. The van der Waals surface area contributed by atoms with E-state index < -0.39 is 0 Å². The number of hydrogen-bond donors (Lipinski definition) is 0. The van der Waals surface area contributed by atoms with Crippen molar-refractivity contribution < 1.29 is 0 Å². The topological polar surface area (TPSA) is 0 Å². The molecule has 0 aromatic carbocycles. The van der Waals surface area contributed by atoms with Gasteiger partial charge in [0.15, 0.2) is 0 Å². The second kappa shape index (κ2) is 2.98. The number of hydrogen-bond acceptors (Lipinski definition) is 0. The van der Waals surface area contributed by atoms with Crippen LogP contribution in [0.1, 0.15) is 6.92 Å². The van der Waals surface area contributed by atoms with Crippen LogP contribution in [-0.4, -0.2) is 0 Å². The predicted molar refractivity (Wildman–Crippen MR) is 52.8 cm³/mol.